The number of pyridine rings is 1. The van der Waals surface area contributed by atoms with Crippen LogP contribution in [0.5, 0.6) is 11.5 Å². The van der Waals surface area contributed by atoms with Crippen LogP contribution < -0.4 is 4.74 Å². The number of aromatic hydroxyl groups is 1. The lowest BCUT2D eigenvalue weighted by Gasteiger charge is -2.14. The fraction of sp³-hybridized carbons (Fsp3) is 0.294. The Hall–Kier alpha value is -2.07. The second kappa shape index (κ2) is 7.27. The fourth-order valence-corrected chi connectivity index (χ4v) is 2.42. The number of ether oxygens (including phenoxy) is 1. The van der Waals surface area contributed by atoms with Crippen molar-refractivity contribution in [1.29, 1.82) is 0 Å². The minimum absolute atomic E-state index is 0.0135. The fourth-order valence-electron chi connectivity index (χ4n) is 2.22. The lowest BCUT2D eigenvalue weighted by atomic mass is 10.0. The third kappa shape index (κ3) is 3.77. The van der Waals surface area contributed by atoms with E-state index in [4.69, 9.17) is 16.3 Å². The van der Waals surface area contributed by atoms with E-state index in [-0.39, 0.29) is 11.5 Å². The quantitative estimate of drug-likeness (QED) is 0.641. The molecule has 2 rings (SSSR count). The molecular formula is C17H18ClNO3. The minimum atomic E-state index is -0.165. The molecule has 0 aliphatic heterocycles. The van der Waals surface area contributed by atoms with E-state index in [0.717, 1.165) is 12.0 Å². The third-order valence-corrected chi connectivity index (χ3v) is 3.51. The number of carbonyl (C=O) groups excluding carboxylic acids is 1. The summed E-state index contributed by atoms with van der Waals surface area (Å²) in [5.74, 6) is 0.430. The number of hydrogen-bond acceptors (Lipinski definition) is 4. The second-order valence-electron chi connectivity index (χ2n) is 5.02. The molecule has 0 aliphatic rings. The average Bonchev–Trinajstić information content (AvgIpc) is 2.47. The van der Waals surface area contributed by atoms with E-state index in [1.165, 1.54) is 6.92 Å². The van der Waals surface area contributed by atoms with Crippen molar-refractivity contribution in [2.24, 2.45) is 0 Å². The van der Waals surface area contributed by atoms with Gasteiger partial charge >= 0.3 is 0 Å². The molecule has 0 saturated carbocycles. The highest BCUT2D eigenvalue weighted by Gasteiger charge is 2.15. The summed E-state index contributed by atoms with van der Waals surface area (Å²) in [4.78, 5) is 15.4. The molecule has 0 amide bonds. The first kappa shape index (κ1) is 16.3. The van der Waals surface area contributed by atoms with Crippen molar-refractivity contribution in [3.8, 4) is 11.5 Å². The lowest BCUT2D eigenvalue weighted by Crippen LogP contribution is -2.02. The molecule has 5 heteroatoms. The van der Waals surface area contributed by atoms with Gasteiger partial charge in [-0.2, -0.15) is 0 Å². The van der Waals surface area contributed by atoms with Gasteiger partial charge in [0.15, 0.2) is 5.78 Å². The molecule has 0 radical (unpaired) electrons. The first-order valence-electron chi connectivity index (χ1n) is 7.12. The molecule has 0 spiro atoms. The molecule has 0 aliphatic carbocycles. The molecule has 116 valence electrons. The Kier molecular flexibility index (Phi) is 5.39. The Morgan fingerprint density at radius 1 is 1.36 bits per heavy atom. The number of halogens is 1. The summed E-state index contributed by atoms with van der Waals surface area (Å²) < 4.78 is 5.79. The molecule has 1 aromatic carbocycles. The number of rotatable bonds is 6. The number of phenolic OH excluding ortho intramolecular Hbond substituents is 1. The number of nitrogens with zero attached hydrogens (tertiary/aromatic N) is 1. The second-order valence-corrected chi connectivity index (χ2v) is 5.41. The molecule has 0 unspecified atom stereocenters. The van der Waals surface area contributed by atoms with Crippen molar-refractivity contribution in [2.45, 2.75) is 33.3 Å². The maximum absolute atomic E-state index is 11.5. The minimum Gasteiger partial charge on any atom is -0.507 e. The number of phenols is 1. The van der Waals surface area contributed by atoms with Gasteiger partial charge in [-0.3, -0.25) is 4.79 Å². The maximum Gasteiger partial charge on any atom is 0.163 e. The van der Waals surface area contributed by atoms with Crippen molar-refractivity contribution in [3.63, 3.8) is 0 Å². The predicted molar refractivity (Wildman–Crippen MR) is 85.7 cm³/mol. The highest BCUT2D eigenvalue weighted by Crippen LogP contribution is 2.33. The highest BCUT2D eigenvalue weighted by molar-refractivity contribution is 6.29. The Balaban J connectivity index is 2.26. The molecule has 1 aromatic heterocycles. The van der Waals surface area contributed by atoms with Crippen LogP contribution in [0.3, 0.4) is 0 Å². The molecule has 4 nitrogen and oxygen atoms in total. The van der Waals surface area contributed by atoms with Crippen LogP contribution >= 0.6 is 11.6 Å². The van der Waals surface area contributed by atoms with Crippen molar-refractivity contribution in [3.05, 3.63) is 52.3 Å². The van der Waals surface area contributed by atoms with Gasteiger partial charge in [-0.15, -0.1) is 0 Å². The highest BCUT2D eigenvalue weighted by atomic mass is 35.5. The molecule has 2 aromatic rings. The first-order chi connectivity index (χ1) is 10.5. The van der Waals surface area contributed by atoms with Crippen LogP contribution in [0.15, 0.2) is 30.5 Å². The summed E-state index contributed by atoms with van der Waals surface area (Å²) in [5.41, 5.74) is 1.87. The van der Waals surface area contributed by atoms with Crippen LogP contribution in [-0.2, 0) is 13.0 Å². The molecule has 22 heavy (non-hydrogen) atoms. The summed E-state index contributed by atoms with van der Waals surface area (Å²) >= 11 is 5.84. The predicted octanol–water partition coefficient (Wildman–Crippen LogP) is 4.17. The van der Waals surface area contributed by atoms with E-state index in [2.05, 4.69) is 4.98 Å². The van der Waals surface area contributed by atoms with Crippen LogP contribution in [0.2, 0.25) is 5.15 Å². The van der Waals surface area contributed by atoms with E-state index < -0.39 is 0 Å². The van der Waals surface area contributed by atoms with Crippen molar-refractivity contribution in [1.82, 2.24) is 4.98 Å². The number of ketones is 1. The normalized spacial score (nSPS) is 10.5. The van der Waals surface area contributed by atoms with Crippen LogP contribution in [0.4, 0.5) is 0 Å². The number of hydrogen-bond donors (Lipinski definition) is 1. The molecule has 0 saturated heterocycles. The standard InChI is InChI=1S/C17H18ClNO3/c1-3-4-14-15(6-5-13(11(2)20)17(14)21)22-10-12-7-8-19-16(18)9-12/h5-9,21H,3-4,10H2,1-2H3. The van der Waals surface area contributed by atoms with E-state index >= 15 is 0 Å². The van der Waals surface area contributed by atoms with E-state index in [9.17, 15) is 9.90 Å². The first-order valence-corrected chi connectivity index (χ1v) is 7.49. The van der Waals surface area contributed by atoms with E-state index in [0.29, 0.717) is 35.1 Å². The SMILES string of the molecule is CCCc1c(OCc2ccnc(Cl)c2)ccc(C(C)=O)c1O. The Morgan fingerprint density at radius 2 is 2.14 bits per heavy atom. The summed E-state index contributed by atoms with van der Waals surface area (Å²) in [6.45, 7) is 3.76. The smallest absolute Gasteiger partial charge is 0.163 e. The third-order valence-electron chi connectivity index (χ3n) is 3.30. The van der Waals surface area contributed by atoms with Gasteiger partial charge in [0.1, 0.15) is 23.3 Å². The number of aromatic nitrogens is 1. The van der Waals surface area contributed by atoms with Gasteiger partial charge in [-0.05, 0) is 43.2 Å². The molecule has 1 heterocycles. The monoisotopic (exact) mass is 319 g/mol. The van der Waals surface area contributed by atoms with Gasteiger partial charge in [0.2, 0.25) is 0 Å². The zero-order valence-electron chi connectivity index (χ0n) is 12.6. The van der Waals surface area contributed by atoms with Gasteiger partial charge in [-0.1, -0.05) is 24.9 Å². The van der Waals surface area contributed by atoms with Crippen LogP contribution in [0.25, 0.3) is 0 Å². The molecule has 0 bridgehead atoms. The van der Waals surface area contributed by atoms with E-state index in [1.54, 1.807) is 24.4 Å². The van der Waals surface area contributed by atoms with Crippen LogP contribution in [-0.4, -0.2) is 15.9 Å². The summed E-state index contributed by atoms with van der Waals surface area (Å²) in [6, 6.07) is 6.86. The number of benzene rings is 1. The number of Topliss-reactive ketones (excluding diaryl/α,β-unsaturated/α-hetero) is 1. The Bertz CT molecular complexity index is 686. The maximum atomic E-state index is 11.5. The lowest BCUT2D eigenvalue weighted by molar-refractivity contribution is 0.101. The topological polar surface area (TPSA) is 59.4 Å². The van der Waals surface area contributed by atoms with Crippen molar-refractivity contribution in [2.75, 3.05) is 0 Å². The summed E-state index contributed by atoms with van der Waals surface area (Å²) in [7, 11) is 0. The van der Waals surface area contributed by atoms with Crippen LogP contribution in [0.1, 0.15) is 41.8 Å². The zero-order chi connectivity index (χ0) is 16.1. The Morgan fingerprint density at radius 3 is 2.77 bits per heavy atom. The summed E-state index contributed by atoms with van der Waals surface area (Å²) in [5, 5.41) is 10.7. The molecule has 1 N–H and O–H groups in total. The van der Waals surface area contributed by atoms with Crippen molar-refractivity contribution < 1.29 is 14.6 Å². The largest absolute Gasteiger partial charge is 0.507 e. The van der Waals surface area contributed by atoms with Gasteiger partial charge in [0, 0.05) is 11.8 Å². The van der Waals surface area contributed by atoms with Gasteiger partial charge in [0.05, 0.1) is 5.56 Å². The van der Waals surface area contributed by atoms with E-state index in [1.807, 2.05) is 13.0 Å². The molecular weight excluding hydrogens is 302 g/mol. The zero-order valence-corrected chi connectivity index (χ0v) is 13.4. The number of carbonyl (C=O) groups is 1. The molecule has 0 fully saturated rings. The van der Waals surface area contributed by atoms with Gasteiger partial charge < -0.3 is 9.84 Å². The van der Waals surface area contributed by atoms with Gasteiger partial charge in [0.25, 0.3) is 0 Å². The van der Waals surface area contributed by atoms with Crippen molar-refractivity contribution >= 4 is 17.4 Å². The average molecular weight is 320 g/mol. The summed E-state index contributed by atoms with van der Waals surface area (Å²) in [6.07, 6.45) is 3.09. The molecule has 0 atom stereocenters. The Labute approximate surface area is 134 Å². The van der Waals surface area contributed by atoms with Gasteiger partial charge in [-0.25, -0.2) is 4.98 Å². The van der Waals surface area contributed by atoms with Crippen LogP contribution in [0, 0.1) is 0 Å².